The summed E-state index contributed by atoms with van der Waals surface area (Å²) < 4.78 is 0. The largest absolute Gasteiger partial charge is 4.00 e. The maximum atomic E-state index is 2.24. The first-order valence-corrected chi connectivity index (χ1v) is 7.89. The van der Waals surface area contributed by atoms with Crippen LogP contribution >= 0.6 is 0 Å². The second kappa shape index (κ2) is 12.1. The van der Waals surface area contributed by atoms with Crippen molar-refractivity contribution >= 4 is 0 Å². The van der Waals surface area contributed by atoms with E-state index < -0.39 is 0 Å². The molecule has 134 valence electrons. The molecule has 27 heavy (non-hydrogen) atoms. The van der Waals surface area contributed by atoms with Crippen LogP contribution in [0.1, 0.15) is 0 Å². The molecular formula is C23H17Cl3Ti. The Balaban J connectivity index is 0.00000169. The van der Waals surface area contributed by atoms with E-state index >= 15 is 0 Å². The number of hydrogen-bond donors (Lipinski definition) is 0. The zero-order valence-electron chi connectivity index (χ0n) is 14.4. The van der Waals surface area contributed by atoms with Crippen molar-refractivity contribution in [3.8, 4) is 33.4 Å². The predicted molar refractivity (Wildman–Crippen MR) is 98.3 cm³/mol. The van der Waals surface area contributed by atoms with Gasteiger partial charge in [-0.1, -0.05) is 107 Å². The summed E-state index contributed by atoms with van der Waals surface area (Å²) in [6.45, 7) is 0. The SMILES string of the molecule is [Cl-].[Cl-].[Cl-].[Ti+4].c1ccc(-c2cc[c-](-c3ccccc3)c2-c2ccccc2)cc1. The molecule has 0 bridgehead atoms. The fraction of sp³-hybridized carbons (Fsp3) is 0. The van der Waals surface area contributed by atoms with Crippen LogP contribution in [0.25, 0.3) is 33.4 Å². The minimum absolute atomic E-state index is 0. The Kier molecular flexibility index (Phi) is 11.5. The van der Waals surface area contributed by atoms with Crippen LogP contribution < -0.4 is 37.2 Å². The average molecular weight is 448 g/mol. The first kappa shape index (κ1) is 25.6. The third-order valence-electron chi connectivity index (χ3n) is 4.19. The minimum atomic E-state index is 0. The second-order valence-electron chi connectivity index (χ2n) is 5.63. The van der Waals surface area contributed by atoms with Crippen molar-refractivity contribution in [2.24, 2.45) is 0 Å². The maximum absolute atomic E-state index is 2.24. The van der Waals surface area contributed by atoms with Crippen LogP contribution in [-0.4, -0.2) is 0 Å². The molecule has 0 heterocycles. The van der Waals surface area contributed by atoms with Gasteiger partial charge >= 0.3 is 21.7 Å². The van der Waals surface area contributed by atoms with Crippen LogP contribution in [0.2, 0.25) is 0 Å². The summed E-state index contributed by atoms with van der Waals surface area (Å²) in [4.78, 5) is 0. The van der Waals surface area contributed by atoms with Gasteiger partial charge in [0, 0.05) is 0 Å². The van der Waals surface area contributed by atoms with Crippen molar-refractivity contribution in [3.63, 3.8) is 0 Å². The summed E-state index contributed by atoms with van der Waals surface area (Å²) in [5, 5.41) is 0. The molecule has 0 amide bonds. The molecule has 0 aliphatic carbocycles. The molecule has 0 radical (unpaired) electrons. The third kappa shape index (κ3) is 5.54. The van der Waals surface area contributed by atoms with E-state index in [4.69, 9.17) is 0 Å². The normalized spacial score (nSPS) is 9.04. The van der Waals surface area contributed by atoms with Gasteiger partial charge in [0.15, 0.2) is 0 Å². The minimum Gasteiger partial charge on any atom is -1.00 e. The number of hydrogen-bond acceptors (Lipinski definition) is 0. The van der Waals surface area contributed by atoms with Gasteiger partial charge in [0.25, 0.3) is 0 Å². The van der Waals surface area contributed by atoms with E-state index in [0.717, 1.165) is 0 Å². The summed E-state index contributed by atoms with van der Waals surface area (Å²) >= 11 is 0. The van der Waals surface area contributed by atoms with Gasteiger partial charge in [-0.25, -0.2) is 0 Å². The van der Waals surface area contributed by atoms with Gasteiger partial charge in [0.05, 0.1) is 0 Å². The third-order valence-corrected chi connectivity index (χ3v) is 4.19. The van der Waals surface area contributed by atoms with Crippen molar-refractivity contribution in [2.75, 3.05) is 0 Å². The molecule has 0 aliphatic rings. The Labute approximate surface area is 194 Å². The van der Waals surface area contributed by atoms with E-state index in [-0.39, 0.29) is 58.9 Å². The zero-order valence-corrected chi connectivity index (χ0v) is 18.3. The van der Waals surface area contributed by atoms with Crippen LogP contribution in [0.5, 0.6) is 0 Å². The van der Waals surface area contributed by atoms with Crippen LogP contribution in [0, 0.1) is 0 Å². The van der Waals surface area contributed by atoms with E-state index in [2.05, 4.69) is 103 Å². The van der Waals surface area contributed by atoms with Gasteiger partial charge in [-0.05, 0) is 0 Å². The van der Waals surface area contributed by atoms with E-state index in [1.807, 2.05) is 0 Å². The van der Waals surface area contributed by atoms with Crippen molar-refractivity contribution in [1.29, 1.82) is 0 Å². The molecule has 0 unspecified atom stereocenters. The summed E-state index contributed by atoms with van der Waals surface area (Å²) in [6.07, 6.45) is 0. The molecule has 0 atom stereocenters. The Morgan fingerprint density at radius 2 is 0.926 bits per heavy atom. The maximum Gasteiger partial charge on any atom is 4.00 e. The van der Waals surface area contributed by atoms with Crippen molar-refractivity contribution < 1.29 is 58.9 Å². The molecule has 0 saturated carbocycles. The molecule has 0 nitrogen and oxygen atoms in total. The molecule has 4 aromatic rings. The Morgan fingerprint density at radius 3 is 1.44 bits per heavy atom. The quantitative estimate of drug-likeness (QED) is 0.239. The molecule has 0 aliphatic heterocycles. The van der Waals surface area contributed by atoms with Crippen LogP contribution in [0.4, 0.5) is 0 Å². The van der Waals surface area contributed by atoms with Gasteiger partial charge < -0.3 is 37.2 Å². The average Bonchev–Trinajstić information content (AvgIpc) is 3.09. The first-order valence-electron chi connectivity index (χ1n) is 7.89. The Morgan fingerprint density at radius 1 is 0.481 bits per heavy atom. The van der Waals surface area contributed by atoms with E-state index in [1.54, 1.807) is 0 Å². The monoisotopic (exact) mass is 446 g/mol. The molecule has 0 aromatic heterocycles. The first-order chi connectivity index (χ1) is 11.4. The van der Waals surface area contributed by atoms with Gasteiger partial charge in [-0.2, -0.15) is 0 Å². The van der Waals surface area contributed by atoms with Crippen LogP contribution in [0.3, 0.4) is 0 Å². The van der Waals surface area contributed by atoms with Crippen LogP contribution in [-0.2, 0) is 21.7 Å². The molecule has 0 spiro atoms. The molecule has 4 rings (SSSR count). The van der Waals surface area contributed by atoms with Gasteiger partial charge in [-0.15, -0.1) is 29.8 Å². The molecule has 0 saturated heterocycles. The van der Waals surface area contributed by atoms with Crippen LogP contribution in [0.15, 0.2) is 103 Å². The standard InChI is InChI=1S/C23H17.3ClH.Ti/c1-4-10-18(11-5-1)21-16-17-22(19-12-6-2-7-13-19)23(21)20-14-8-3-9-15-20;;;;/h1-17H;3*1H;/q-1;;;;+4/p-3. The van der Waals surface area contributed by atoms with Gasteiger partial charge in [-0.3, -0.25) is 0 Å². The predicted octanol–water partition coefficient (Wildman–Crippen LogP) is -2.58. The number of rotatable bonds is 3. The van der Waals surface area contributed by atoms with E-state index in [9.17, 15) is 0 Å². The van der Waals surface area contributed by atoms with Gasteiger partial charge in [0.1, 0.15) is 0 Å². The van der Waals surface area contributed by atoms with Crippen molar-refractivity contribution in [3.05, 3.63) is 103 Å². The smallest absolute Gasteiger partial charge is 1.00 e. The topological polar surface area (TPSA) is 0 Å². The molecule has 4 aromatic carbocycles. The number of halogens is 3. The molecular weight excluding hydrogens is 430 g/mol. The molecule has 4 heteroatoms. The summed E-state index contributed by atoms with van der Waals surface area (Å²) in [7, 11) is 0. The second-order valence-corrected chi connectivity index (χ2v) is 5.63. The van der Waals surface area contributed by atoms with E-state index in [0.29, 0.717) is 0 Å². The Bertz CT molecular complexity index is 847. The molecule has 0 N–H and O–H groups in total. The summed E-state index contributed by atoms with van der Waals surface area (Å²) in [6, 6.07) is 36.3. The van der Waals surface area contributed by atoms with Gasteiger partial charge in [0.2, 0.25) is 0 Å². The zero-order chi connectivity index (χ0) is 15.5. The van der Waals surface area contributed by atoms with E-state index in [1.165, 1.54) is 33.4 Å². The summed E-state index contributed by atoms with van der Waals surface area (Å²) in [5.74, 6) is 0. The summed E-state index contributed by atoms with van der Waals surface area (Å²) in [5.41, 5.74) is 7.66. The van der Waals surface area contributed by atoms with Crippen molar-refractivity contribution in [1.82, 2.24) is 0 Å². The fourth-order valence-electron chi connectivity index (χ4n) is 3.11. The number of benzene rings is 3. The Hall–Kier alpha value is -1.41. The molecule has 0 fully saturated rings. The van der Waals surface area contributed by atoms with Crippen molar-refractivity contribution in [2.45, 2.75) is 0 Å². The fourth-order valence-corrected chi connectivity index (χ4v) is 3.11.